The highest BCUT2D eigenvalue weighted by atomic mass is 35.5. The van der Waals surface area contributed by atoms with Crippen LogP contribution < -0.4 is 19.1 Å². The van der Waals surface area contributed by atoms with Crippen molar-refractivity contribution >= 4 is 50.7 Å². The maximum absolute atomic E-state index is 14.2. The van der Waals surface area contributed by atoms with Gasteiger partial charge in [0.1, 0.15) is 25.8 Å². The molecule has 0 bridgehead atoms. The maximum atomic E-state index is 14.2. The molecule has 0 unspecified atom stereocenters. The van der Waals surface area contributed by atoms with Gasteiger partial charge in [0.15, 0.2) is 11.5 Å². The number of hydrogen-bond donors (Lipinski definition) is 1. The van der Waals surface area contributed by atoms with Crippen LogP contribution in [0.2, 0.25) is 10.0 Å². The first kappa shape index (κ1) is 32.4. The SMILES string of the molecule is CC[C@H](C(=O)N[C@@H](C)CC)N(Cc1ccc(Cl)c(Cl)c1)C(=O)CN(c1ccc2c(c1)OCCO2)S(=O)(=O)c1ccccc1. The molecule has 0 fully saturated rings. The molecule has 0 spiro atoms. The quantitative estimate of drug-likeness (QED) is 0.271. The number of anilines is 1. The Bertz CT molecular complexity index is 1550. The van der Waals surface area contributed by atoms with Gasteiger partial charge in [0.2, 0.25) is 11.8 Å². The Balaban J connectivity index is 1.76. The number of sulfonamides is 1. The molecule has 3 aromatic rings. The van der Waals surface area contributed by atoms with Crippen LogP contribution in [0.1, 0.15) is 39.2 Å². The first-order valence-corrected chi connectivity index (χ1v) is 16.3. The van der Waals surface area contributed by atoms with E-state index >= 15 is 0 Å². The summed E-state index contributed by atoms with van der Waals surface area (Å²) in [5, 5.41) is 3.61. The van der Waals surface area contributed by atoms with Crippen LogP contribution in [-0.2, 0) is 26.2 Å². The van der Waals surface area contributed by atoms with Gasteiger partial charge in [-0.3, -0.25) is 13.9 Å². The van der Waals surface area contributed by atoms with E-state index in [-0.39, 0.29) is 29.1 Å². The highest BCUT2D eigenvalue weighted by molar-refractivity contribution is 7.92. The lowest BCUT2D eigenvalue weighted by Gasteiger charge is -2.34. The van der Waals surface area contributed by atoms with E-state index in [4.69, 9.17) is 32.7 Å². The molecule has 9 nitrogen and oxygen atoms in total. The number of rotatable bonds is 12. The third-order valence-corrected chi connectivity index (χ3v) is 9.67. The Morgan fingerprint density at radius 1 is 0.907 bits per heavy atom. The molecule has 1 N–H and O–H groups in total. The van der Waals surface area contributed by atoms with Gasteiger partial charge in [-0.05, 0) is 61.7 Å². The highest BCUT2D eigenvalue weighted by Gasteiger charge is 2.34. The van der Waals surface area contributed by atoms with E-state index < -0.39 is 28.5 Å². The molecule has 0 radical (unpaired) electrons. The Morgan fingerprint density at radius 2 is 1.60 bits per heavy atom. The van der Waals surface area contributed by atoms with Crippen molar-refractivity contribution in [2.75, 3.05) is 24.1 Å². The van der Waals surface area contributed by atoms with Crippen LogP contribution in [0, 0.1) is 0 Å². The van der Waals surface area contributed by atoms with Crippen molar-refractivity contribution in [1.82, 2.24) is 10.2 Å². The topological polar surface area (TPSA) is 105 Å². The molecule has 0 aromatic heterocycles. The van der Waals surface area contributed by atoms with Crippen LogP contribution in [0.5, 0.6) is 11.5 Å². The first-order valence-electron chi connectivity index (χ1n) is 14.1. The zero-order valence-electron chi connectivity index (χ0n) is 24.3. The van der Waals surface area contributed by atoms with E-state index in [1.54, 1.807) is 61.5 Å². The van der Waals surface area contributed by atoms with Crippen LogP contribution in [0.25, 0.3) is 0 Å². The molecular weight excluding hydrogens is 613 g/mol. The van der Waals surface area contributed by atoms with Crippen molar-refractivity contribution in [2.45, 2.75) is 57.1 Å². The third-order valence-electron chi connectivity index (χ3n) is 7.15. The zero-order valence-corrected chi connectivity index (χ0v) is 26.6. The number of benzene rings is 3. The summed E-state index contributed by atoms with van der Waals surface area (Å²) >= 11 is 12.4. The van der Waals surface area contributed by atoms with Crippen LogP contribution >= 0.6 is 23.2 Å². The second-order valence-corrected chi connectivity index (χ2v) is 12.8. The van der Waals surface area contributed by atoms with Gasteiger partial charge in [-0.15, -0.1) is 0 Å². The number of fused-ring (bicyclic) bond motifs is 1. The number of nitrogens with zero attached hydrogens (tertiary/aromatic N) is 2. The van der Waals surface area contributed by atoms with Gasteiger partial charge in [0.25, 0.3) is 10.0 Å². The number of ether oxygens (including phenoxy) is 2. The smallest absolute Gasteiger partial charge is 0.264 e. The van der Waals surface area contributed by atoms with E-state index in [2.05, 4.69) is 5.32 Å². The van der Waals surface area contributed by atoms with E-state index in [0.29, 0.717) is 53.2 Å². The predicted molar refractivity (Wildman–Crippen MR) is 167 cm³/mol. The average molecular weight is 649 g/mol. The van der Waals surface area contributed by atoms with Crippen LogP contribution in [0.4, 0.5) is 5.69 Å². The minimum atomic E-state index is -4.22. The molecule has 1 aliphatic heterocycles. The van der Waals surface area contributed by atoms with Gasteiger partial charge in [-0.1, -0.05) is 61.3 Å². The Morgan fingerprint density at radius 3 is 2.26 bits per heavy atom. The zero-order chi connectivity index (χ0) is 31.1. The second kappa shape index (κ2) is 14.3. The lowest BCUT2D eigenvalue weighted by molar-refractivity contribution is -0.140. The van der Waals surface area contributed by atoms with Crippen molar-refractivity contribution in [1.29, 1.82) is 0 Å². The Hall–Kier alpha value is -3.47. The molecule has 230 valence electrons. The van der Waals surface area contributed by atoms with Crippen molar-refractivity contribution < 1.29 is 27.5 Å². The Kier molecular flexibility index (Phi) is 10.8. The molecular formula is C31H35Cl2N3O6S. The van der Waals surface area contributed by atoms with Crippen LogP contribution in [0.15, 0.2) is 71.6 Å². The number of nitrogens with one attached hydrogen (secondary N) is 1. The third kappa shape index (κ3) is 7.74. The summed E-state index contributed by atoms with van der Waals surface area (Å²) < 4.78 is 40.4. The van der Waals surface area contributed by atoms with Crippen molar-refractivity contribution in [3.8, 4) is 11.5 Å². The molecule has 12 heteroatoms. The van der Waals surface area contributed by atoms with Crippen LogP contribution in [0.3, 0.4) is 0 Å². The van der Waals surface area contributed by atoms with Gasteiger partial charge in [-0.2, -0.15) is 0 Å². The average Bonchev–Trinajstić information content (AvgIpc) is 3.01. The normalized spacial score (nSPS) is 14.0. The minimum Gasteiger partial charge on any atom is -0.486 e. The summed E-state index contributed by atoms with van der Waals surface area (Å²) in [5.41, 5.74) is 0.849. The van der Waals surface area contributed by atoms with Crippen molar-refractivity contribution in [3.05, 3.63) is 82.3 Å². The number of halogens is 2. The molecule has 3 aromatic carbocycles. The summed E-state index contributed by atoms with van der Waals surface area (Å²) in [6.45, 7) is 5.73. The van der Waals surface area contributed by atoms with Gasteiger partial charge in [0.05, 0.1) is 20.6 Å². The number of hydrogen-bond acceptors (Lipinski definition) is 6. The van der Waals surface area contributed by atoms with Crippen molar-refractivity contribution in [3.63, 3.8) is 0 Å². The lowest BCUT2D eigenvalue weighted by atomic mass is 10.1. The molecule has 1 aliphatic rings. The fourth-order valence-corrected chi connectivity index (χ4v) is 6.38. The highest BCUT2D eigenvalue weighted by Crippen LogP contribution is 2.36. The number of carbonyl (C=O) groups excluding carboxylic acids is 2. The second-order valence-electron chi connectivity index (χ2n) is 10.2. The Labute approximate surface area is 262 Å². The number of amides is 2. The van der Waals surface area contributed by atoms with Gasteiger partial charge >= 0.3 is 0 Å². The molecule has 4 rings (SSSR count). The van der Waals surface area contributed by atoms with Crippen molar-refractivity contribution in [2.24, 2.45) is 0 Å². The largest absolute Gasteiger partial charge is 0.486 e. The lowest BCUT2D eigenvalue weighted by Crippen LogP contribution is -2.53. The maximum Gasteiger partial charge on any atom is 0.264 e. The molecule has 0 aliphatic carbocycles. The standard InChI is InChI=1S/C31H35Cl2N3O6S/c1-4-21(3)34-31(38)27(5-2)35(19-22-11-13-25(32)26(33)17-22)30(37)20-36(43(39,40)24-9-7-6-8-10-24)23-12-14-28-29(18-23)42-16-15-41-28/h6-14,17-18,21,27H,4-5,15-16,19-20H2,1-3H3,(H,34,38)/t21-,27+/m0/s1. The van der Waals surface area contributed by atoms with Gasteiger partial charge in [-0.25, -0.2) is 8.42 Å². The van der Waals surface area contributed by atoms with E-state index in [1.807, 2.05) is 13.8 Å². The van der Waals surface area contributed by atoms with Gasteiger partial charge in [0, 0.05) is 18.7 Å². The molecule has 0 saturated heterocycles. The fraction of sp³-hybridized carbons (Fsp3) is 0.355. The molecule has 0 saturated carbocycles. The summed E-state index contributed by atoms with van der Waals surface area (Å²) in [7, 11) is -4.22. The first-order chi connectivity index (χ1) is 20.5. The summed E-state index contributed by atoms with van der Waals surface area (Å²) in [4.78, 5) is 29.1. The monoisotopic (exact) mass is 647 g/mol. The fourth-order valence-electron chi connectivity index (χ4n) is 4.63. The van der Waals surface area contributed by atoms with E-state index in [0.717, 1.165) is 4.31 Å². The van der Waals surface area contributed by atoms with E-state index in [9.17, 15) is 18.0 Å². The summed E-state index contributed by atoms with van der Waals surface area (Å²) in [5.74, 6) is -0.0578. The number of carbonyl (C=O) groups is 2. The molecule has 2 atom stereocenters. The van der Waals surface area contributed by atoms with E-state index in [1.165, 1.54) is 17.0 Å². The molecule has 2 amide bonds. The van der Waals surface area contributed by atoms with Crippen LogP contribution in [-0.4, -0.2) is 57.0 Å². The summed E-state index contributed by atoms with van der Waals surface area (Å²) in [6.07, 6.45) is 1.00. The molecule has 43 heavy (non-hydrogen) atoms. The minimum absolute atomic E-state index is 0.00250. The van der Waals surface area contributed by atoms with Gasteiger partial charge < -0.3 is 19.7 Å². The predicted octanol–water partition coefficient (Wildman–Crippen LogP) is 5.68. The summed E-state index contributed by atoms with van der Waals surface area (Å²) in [6, 6.07) is 16.5. The molecule has 1 heterocycles.